The van der Waals surface area contributed by atoms with E-state index in [1.165, 1.54) is 11.3 Å². The number of aryl methyl sites for hydroxylation is 1. The number of carbonyl (C=O) groups excluding carboxylic acids is 1. The number of carbonyl (C=O) groups is 1. The second kappa shape index (κ2) is 8.03. The Bertz CT molecular complexity index is 1160. The van der Waals surface area contributed by atoms with E-state index in [4.69, 9.17) is 16.6 Å². The molecule has 140 valence electrons. The molecule has 1 amide bonds. The zero-order valence-corrected chi connectivity index (χ0v) is 18.2. The molecule has 0 saturated heterocycles. The van der Waals surface area contributed by atoms with Gasteiger partial charge >= 0.3 is 0 Å². The number of benzene rings is 3. The van der Waals surface area contributed by atoms with Gasteiger partial charge in [0, 0.05) is 15.1 Å². The van der Waals surface area contributed by atoms with E-state index in [9.17, 15) is 4.79 Å². The number of rotatable bonds is 4. The highest BCUT2D eigenvalue weighted by atomic mass is 79.9. The van der Waals surface area contributed by atoms with Crippen molar-refractivity contribution in [2.75, 3.05) is 4.90 Å². The van der Waals surface area contributed by atoms with Crippen LogP contribution in [0.3, 0.4) is 0 Å². The van der Waals surface area contributed by atoms with E-state index in [0.29, 0.717) is 22.3 Å². The van der Waals surface area contributed by atoms with Crippen molar-refractivity contribution >= 4 is 60.1 Å². The van der Waals surface area contributed by atoms with Crippen LogP contribution in [0.1, 0.15) is 21.5 Å². The number of nitrogens with zero attached hydrogens (tertiary/aromatic N) is 2. The zero-order valence-electron chi connectivity index (χ0n) is 15.0. The molecule has 28 heavy (non-hydrogen) atoms. The standard InChI is InChI=1S/C22H16BrClN2OS/c1-14-18(24)10-11-19-20(14)25-22(28-19)26(13-15-6-3-2-4-7-15)21(27)16-8-5-9-17(23)12-16/h2-12H,13H2,1H3. The van der Waals surface area contributed by atoms with Gasteiger partial charge in [-0.1, -0.05) is 75.3 Å². The Morgan fingerprint density at radius 2 is 1.89 bits per heavy atom. The van der Waals surface area contributed by atoms with Crippen LogP contribution in [0.2, 0.25) is 5.02 Å². The highest BCUT2D eigenvalue weighted by Crippen LogP contribution is 2.34. The smallest absolute Gasteiger partial charge is 0.260 e. The molecule has 0 N–H and O–H groups in total. The lowest BCUT2D eigenvalue weighted by Crippen LogP contribution is -2.30. The SMILES string of the molecule is Cc1c(Cl)ccc2sc(N(Cc3ccccc3)C(=O)c3cccc(Br)c3)nc12. The number of amides is 1. The van der Waals surface area contributed by atoms with Crippen molar-refractivity contribution in [2.24, 2.45) is 0 Å². The molecule has 1 heterocycles. The number of halogens is 2. The van der Waals surface area contributed by atoms with Crippen LogP contribution in [-0.4, -0.2) is 10.9 Å². The van der Waals surface area contributed by atoms with E-state index < -0.39 is 0 Å². The summed E-state index contributed by atoms with van der Waals surface area (Å²) < 4.78 is 1.88. The predicted octanol–water partition coefficient (Wildman–Crippen LogP) is 6.87. The minimum Gasteiger partial charge on any atom is -0.279 e. The number of hydrogen-bond donors (Lipinski definition) is 0. The van der Waals surface area contributed by atoms with Crippen LogP contribution in [0.25, 0.3) is 10.2 Å². The second-order valence-electron chi connectivity index (χ2n) is 6.40. The van der Waals surface area contributed by atoms with Gasteiger partial charge in [0.05, 0.1) is 16.8 Å². The van der Waals surface area contributed by atoms with Gasteiger partial charge in [-0.25, -0.2) is 4.98 Å². The van der Waals surface area contributed by atoms with E-state index in [0.717, 1.165) is 25.8 Å². The summed E-state index contributed by atoms with van der Waals surface area (Å²) in [5, 5.41) is 1.34. The molecule has 0 spiro atoms. The van der Waals surface area contributed by atoms with Crippen LogP contribution in [-0.2, 0) is 6.54 Å². The normalized spacial score (nSPS) is 11.0. The van der Waals surface area contributed by atoms with Gasteiger partial charge in [-0.2, -0.15) is 0 Å². The maximum Gasteiger partial charge on any atom is 0.260 e. The summed E-state index contributed by atoms with van der Waals surface area (Å²) in [6.45, 7) is 2.39. The average molecular weight is 472 g/mol. The molecular formula is C22H16BrClN2OS. The van der Waals surface area contributed by atoms with Gasteiger partial charge in [-0.3, -0.25) is 9.69 Å². The van der Waals surface area contributed by atoms with Gasteiger partial charge in [0.1, 0.15) is 0 Å². The first-order valence-electron chi connectivity index (χ1n) is 8.70. The predicted molar refractivity (Wildman–Crippen MR) is 120 cm³/mol. The van der Waals surface area contributed by atoms with E-state index in [-0.39, 0.29) is 5.91 Å². The van der Waals surface area contributed by atoms with Crippen LogP contribution >= 0.6 is 38.9 Å². The molecule has 0 aliphatic rings. The average Bonchev–Trinajstić information content (AvgIpc) is 3.14. The van der Waals surface area contributed by atoms with E-state index >= 15 is 0 Å². The lowest BCUT2D eigenvalue weighted by molar-refractivity contribution is 0.0985. The van der Waals surface area contributed by atoms with Crippen LogP contribution in [0, 0.1) is 6.92 Å². The number of anilines is 1. The van der Waals surface area contributed by atoms with E-state index in [1.807, 2.05) is 73.7 Å². The fourth-order valence-electron chi connectivity index (χ4n) is 2.97. The first-order chi connectivity index (χ1) is 13.5. The van der Waals surface area contributed by atoms with Crippen LogP contribution < -0.4 is 4.90 Å². The molecule has 0 radical (unpaired) electrons. The summed E-state index contributed by atoms with van der Waals surface area (Å²) in [5.41, 5.74) is 3.42. The van der Waals surface area contributed by atoms with Gasteiger partial charge < -0.3 is 0 Å². The summed E-state index contributed by atoms with van der Waals surface area (Å²) in [4.78, 5) is 19.9. The quantitative estimate of drug-likeness (QED) is 0.325. The maximum atomic E-state index is 13.4. The molecule has 0 atom stereocenters. The Kier molecular flexibility index (Phi) is 5.49. The summed E-state index contributed by atoms with van der Waals surface area (Å²) in [6, 6.07) is 21.2. The topological polar surface area (TPSA) is 33.2 Å². The number of thiazole rings is 1. The Labute approximate surface area is 180 Å². The minimum atomic E-state index is -0.0899. The van der Waals surface area contributed by atoms with Crippen molar-refractivity contribution in [1.29, 1.82) is 0 Å². The molecule has 3 aromatic carbocycles. The van der Waals surface area contributed by atoms with Gasteiger partial charge in [-0.15, -0.1) is 0 Å². The van der Waals surface area contributed by atoms with Crippen molar-refractivity contribution in [3.8, 4) is 0 Å². The first kappa shape index (κ1) is 19.1. The van der Waals surface area contributed by atoms with Crippen molar-refractivity contribution in [2.45, 2.75) is 13.5 Å². The maximum absolute atomic E-state index is 13.4. The molecule has 6 heteroatoms. The van der Waals surface area contributed by atoms with Crippen molar-refractivity contribution in [3.05, 3.63) is 92.9 Å². The highest BCUT2D eigenvalue weighted by Gasteiger charge is 2.22. The second-order valence-corrected chi connectivity index (χ2v) is 8.73. The number of hydrogen-bond acceptors (Lipinski definition) is 3. The molecular weight excluding hydrogens is 456 g/mol. The van der Waals surface area contributed by atoms with Crippen molar-refractivity contribution in [1.82, 2.24) is 4.98 Å². The van der Waals surface area contributed by atoms with Gasteiger partial charge in [0.15, 0.2) is 5.13 Å². The Morgan fingerprint density at radius 1 is 1.11 bits per heavy atom. The number of aromatic nitrogens is 1. The Balaban J connectivity index is 1.80. The molecule has 1 aromatic heterocycles. The van der Waals surface area contributed by atoms with Gasteiger partial charge in [0.2, 0.25) is 0 Å². The molecule has 3 nitrogen and oxygen atoms in total. The van der Waals surface area contributed by atoms with Gasteiger partial charge in [0.25, 0.3) is 5.91 Å². The third-order valence-corrected chi connectivity index (χ3v) is 6.41. The van der Waals surface area contributed by atoms with E-state index in [1.54, 1.807) is 4.90 Å². The van der Waals surface area contributed by atoms with Crippen molar-refractivity contribution in [3.63, 3.8) is 0 Å². The molecule has 0 bridgehead atoms. The first-order valence-corrected chi connectivity index (χ1v) is 10.7. The van der Waals surface area contributed by atoms with Crippen LogP contribution in [0.4, 0.5) is 5.13 Å². The van der Waals surface area contributed by atoms with Gasteiger partial charge in [-0.05, 0) is 48.4 Å². The van der Waals surface area contributed by atoms with Crippen molar-refractivity contribution < 1.29 is 4.79 Å². The minimum absolute atomic E-state index is 0.0899. The van der Waals surface area contributed by atoms with E-state index in [2.05, 4.69) is 15.9 Å². The Hall–Kier alpha value is -2.21. The molecule has 0 aliphatic heterocycles. The zero-order chi connectivity index (χ0) is 19.7. The molecule has 4 aromatic rings. The third kappa shape index (κ3) is 3.83. The fourth-order valence-corrected chi connectivity index (χ4v) is 4.55. The Morgan fingerprint density at radius 3 is 2.64 bits per heavy atom. The lowest BCUT2D eigenvalue weighted by Gasteiger charge is -2.20. The molecule has 0 unspecified atom stereocenters. The largest absolute Gasteiger partial charge is 0.279 e. The molecule has 4 rings (SSSR count). The van der Waals surface area contributed by atoms with Crippen LogP contribution in [0.5, 0.6) is 0 Å². The third-order valence-electron chi connectivity index (χ3n) is 4.47. The fraction of sp³-hybridized carbons (Fsp3) is 0.0909. The molecule has 0 saturated carbocycles. The summed E-state index contributed by atoms with van der Waals surface area (Å²) in [7, 11) is 0. The number of fused-ring (bicyclic) bond motifs is 1. The monoisotopic (exact) mass is 470 g/mol. The summed E-state index contributed by atoms with van der Waals surface area (Å²) >= 11 is 11.2. The molecule has 0 aliphatic carbocycles. The summed E-state index contributed by atoms with van der Waals surface area (Å²) in [6.07, 6.45) is 0. The van der Waals surface area contributed by atoms with Crippen LogP contribution in [0.15, 0.2) is 71.2 Å². The molecule has 0 fully saturated rings. The highest BCUT2D eigenvalue weighted by molar-refractivity contribution is 9.10. The summed E-state index contributed by atoms with van der Waals surface area (Å²) in [5.74, 6) is -0.0899. The lowest BCUT2D eigenvalue weighted by atomic mass is 10.1.